The third-order valence-electron chi connectivity index (χ3n) is 3.65. The molecule has 6 nitrogen and oxygen atoms in total. The summed E-state index contributed by atoms with van der Waals surface area (Å²) in [6, 6.07) is 20.2. The molecule has 0 fully saturated rings. The molecule has 0 saturated carbocycles. The summed E-state index contributed by atoms with van der Waals surface area (Å²) in [5.41, 5.74) is 1.28. The van der Waals surface area contributed by atoms with E-state index in [2.05, 4.69) is 6.07 Å². The Balaban J connectivity index is 1.77. The molecular weight excluding hydrogens is 364 g/mol. The van der Waals surface area contributed by atoms with E-state index in [1.54, 1.807) is 42.5 Å². The van der Waals surface area contributed by atoms with Crippen molar-refractivity contribution in [3.63, 3.8) is 0 Å². The highest BCUT2D eigenvalue weighted by atomic mass is 32.2. The third-order valence-corrected chi connectivity index (χ3v) is 4.73. The summed E-state index contributed by atoms with van der Waals surface area (Å²) < 4.78 is 5.65. The molecule has 0 saturated heterocycles. The number of phenolic OH excluding ortho intramolecular Hbond substituents is 1. The van der Waals surface area contributed by atoms with E-state index < -0.39 is 4.92 Å². The molecule has 0 spiro atoms. The Hall–Kier alpha value is -3.50. The molecule has 0 aliphatic heterocycles. The molecule has 0 aromatic heterocycles. The highest BCUT2D eigenvalue weighted by molar-refractivity contribution is 7.99. The molecule has 3 rings (SSSR count). The number of hydrogen-bond acceptors (Lipinski definition) is 6. The first-order chi connectivity index (χ1) is 13.0. The largest absolute Gasteiger partial charge is 0.508 e. The smallest absolute Gasteiger partial charge is 0.286 e. The van der Waals surface area contributed by atoms with Crippen LogP contribution in [0.1, 0.15) is 11.1 Å². The maximum atomic E-state index is 11.4. The van der Waals surface area contributed by atoms with Gasteiger partial charge in [0.25, 0.3) is 5.69 Å². The van der Waals surface area contributed by atoms with Gasteiger partial charge in [-0.2, -0.15) is 5.26 Å². The van der Waals surface area contributed by atoms with Gasteiger partial charge in [-0.15, -0.1) is 0 Å². The predicted molar refractivity (Wildman–Crippen MR) is 101 cm³/mol. The second-order valence-electron chi connectivity index (χ2n) is 5.58. The fourth-order valence-corrected chi connectivity index (χ4v) is 3.25. The molecule has 0 aliphatic carbocycles. The van der Waals surface area contributed by atoms with Crippen molar-refractivity contribution in [3.05, 3.63) is 88.0 Å². The maximum Gasteiger partial charge on any atom is 0.286 e. The fraction of sp³-hybridized carbons (Fsp3) is 0.0500. The zero-order chi connectivity index (χ0) is 19.2. The summed E-state index contributed by atoms with van der Waals surface area (Å²) in [6.45, 7) is 0.205. The lowest BCUT2D eigenvalue weighted by atomic mass is 10.1. The topological polar surface area (TPSA) is 96.4 Å². The molecule has 134 valence electrons. The van der Waals surface area contributed by atoms with Crippen molar-refractivity contribution in [2.45, 2.75) is 16.4 Å². The van der Waals surface area contributed by atoms with Crippen LogP contribution in [0.2, 0.25) is 0 Å². The second kappa shape index (κ2) is 8.25. The van der Waals surface area contributed by atoms with E-state index in [1.165, 1.54) is 30.0 Å². The van der Waals surface area contributed by atoms with Crippen LogP contribution in [0.25, 0.3) is 0 Å². The maximum absolute atomic E-state index is 11.4. The third kappa shape index (κ3) is 4.77. The minimum Gasteiger partial charge on any atom is -0.508 e. The van der Waals surface area contributed by atoms with Gasteiger partial charge in [0.1, 0.15) is 18.1 Å². The average Bonchev–Trinajstić information content (AvgIpc) is 2.69. The normalized spacial score (nSPS) is 10.2. The van der Waals surface area contributed by atoms with Crippen LogP contribution in [0.4, 0.5) is 5.69 Å². The zero-order valence-corrected chi connectivity index (χ0v) is 14.8. The summed E-state index contributed by atoms with van der Waals surface area (Å²) in [5, 5.41) is 29.7. The van der Waals surface area contributed by atoms with E-state index in [-0.39, 0.29) is 18.0 Å². The summed E-state index contributed by atoms with van der Waals surface area (Å²) in [5.74, 6) is 0.511. The lowest BCUT2D eigenvalue weighted by molar-refractivity contribution is -0.387. The number of phenols is 1. The van der Waals surface area contributed by atoms with E-state index in [9.17, 15) is 15.2 Å². The number of nitro benzene ring substituents is 1. The molecule has 3 aromatic carbocycles. The molecule has 0 amide bonds. The first-order valence-electron chi connectivity index (χ1n) is 7.92. The van der Waals surface area contributed by atoms with Crippen molar-refractivity contribution in [1.82, 2.24) is 0 Å². The molecular formula is C20H14N2O4S. The van der Waals surface area contributed by atoms with Crippen LogP contribution < -0.4 is 4.74 Å². The molecule has 0 atom stereocenters. The number of aromatic hydroxyl groups is 1. The Bertz CT molecular complexity index is 1010. The van der Waals surface area contributed by atoms with Crippen molar-refractivity contribution in [2.24, 2.45) is 0 Å². The number of nitrogens with zero attached hydrogens (tertiary/aromatic N) is 2. The van der Waals surface area contributed by atoms with E-state index in [0.29, 0.717) is 16.2 Å². The predicted octanol–water partition coefficient (Wildman–Crippen LogP) is 4.90. The molecule has 7 heteroatoms. The van der Waals surface area contributed by atoms with Crippen LogP contribution in [0.3, 0.4) is 0 Å². The minimum absolute atomic E-state index is 0.0589. The summed E-state index contributed by atoms with van der Waals surface area (Å²) in [4.78, 5) is 12.2. The lowest BCUT2D eigenvalue weighted by Gasteiger charge is -2.09. The monoisotopic (exact) mass is 378 g/mol. The molecule has 1 N–H and O–H groups in total. The van der Waals surface area contributed by atoms with Crippen molar-refractivity contribution in [1.29, 1.82) is 5.26 Å². The summed E-state index contributed by atoms with van der Waals surface area (Å²) >= 11 is 1.23. The van der Waals surface area contributed by atoms with Crippen molar-refractivity contribution in [3.8, 4) is 17.6 Å². The fourth-order valence-electron chi connectivity index (χ4n) is 2.35. The molecule has 0 aliphatic rings. The van der Waals surface area contributed by atoms with E-state index in [0.717, 1.165) is 10.5 Å². The minimum atomic E-state index is -0.452. The number of ether oxygens (including phenoxy) is 1. The Kier molecular flexibility index (Phi) is 5.59. The van der Waals surface area contributed by atoms with E-state index >= 15 is 0 Å². The van der Waals surface area contributed by atoms with Crippen LogP contribution in [0, 0.1) is 21.4 Å². The van der Waals surface area contributed by atoms with Crippen LogP contribution in [-0.4, -0.2) is 10.0 Å². The van der Waals surface area contributed by atoms with Gasteiger partial charge in [-0.3, -0.25) is 10.1 Å². The van der Waals surface area contributed by atoms with E-state index in [4.69, 9.17) is 10.00 Å². The molecule has 0 bridgehead atoms. The van der Waals surface area contributed by atoms with Crippen molar-refractivity contribution >= 4 is 17.4 Å². The highest BCUT2D eigenvalue weighted by Crippen LogP contribution is 2.37. The Morgan fingerprint density at radius 2 is 1.89 bits per heavy atom. The number of nitro groups is 1. The second-order valence-corrected chi connectivity index (χ2v) is 6.70. The van der Waals surface area contributed by atoms with Gasteiger partial charge in [-0.05, 0) is 54.1 Å². The molecule has 0 unspecified atom stereocenters. The number of nitriles is 1. The van der Waals surface area contributed by atoms with Gasteiger partial charge in [-0.1, -0.05) is 23.9 Å². The molecule has 0 heterocycles. The quantitative estimate of drug-likeness (QED) is 0.484. The lowest BCUT2D eigenvalue weighted by Crippen LogP contribution is -1.97. The van der Waals surface area contributed by atoms with Gasteiger partial charge in [0.05, 0.1) is 27.5 Å². The van der Waals surface area contributed by atoms with Crippen LogP contribution >= 0.6 is 11.8 Å². The van der Waals surface area contributed by atoms with Gasteiger partial charge in [0, 0.05) is 4.90 Å². The van der Waals surface area contributed by atoms with E-state index in [1.807, 2.05) is 6.07 Å². The number of hydrogen-bond donors (Lipinski definition) is 1. The van der Waals surface area contributed by atoms with Crippen LogP contribution in [0.5, 0.6) is 11.5 Å². The first-order valence-corrected chi connectivity index (χ1v) is 8.74. The van der Waals surface area contributed by atoms with Crippen LogP contribution in [-0.2, 0) is 6.61 Å². The zero-order valence-electron chi connectivity index (χ0n) is 14.0. The standard InChI is InChI=1S/C20H14N2O4S/c21-12-14-2-1-3-15(10-14)13-26-17-6-9-20(19(11-17)22(24)25)27-18-7-4-16(23)5-8-18/h1-11,23H,13H2. The SMILES string of the molecule is N#Cc1cccc(COc2ccc(Sc3ccc(O)cc3)c([N+](=O)[O-])c2)c1. The van der Waals surface area contributed by atoms with Gasteiger partial charge >= 0.3 is 0 Å². The first kappa shape index (κ1) is 18.3. The summed E-state index contributed by atoms with van der Waals surface area (Å²) in [7, 11) is 0. The number of rotatable bonds is 6. The van der Waals surface area contributed by atoms with Gasteiger partial charge in [0.2, 0.25) is 0 Å². The Labute approximate surface area is 159 Å². The van der Waals surface area contributed by atoms with Gasteiger partial charge in [-0.25, -0.2) is 0 Å². The molecule has 0 radical (unpaired) electrons. The van der Waals surface area contributed by atoms with Crippen molar-refractivity contribution in [2.75, 3.05) is 0 Å². The van der Waals surface area contributed by atoms with Crippen molar-refractivity contribution < 1.29 is 14.8 Å². The van der Waals surface area contributed by atoms with Gasteiger partial charge in [0.15, 0.2) is 0 Å². The average molecular weight is 378 g/mol. The Morgan fingerprint density at radius 1 is 1.11 bits per heavy atom. The number of benzene rings is 3. The highest BCUT2D eigenvalue weighted by Gasteiger charge is 2.16. The molecule has 27 heavy (non-hydrogen) atoms. The van der Waals surface area contributed by atoms with Crippen LogP contribution in [0.15, 0.2) is 76.5 Å². The summed E-state index contributed by atoms with van der Waals surface area (Å²) in [6.07, 6.45) is 0. The van der Waals surface area contributed by atoms with Gasteiger partial charge < -0.3 is 9.84 Å². The molecule has 3 aromatic rings. The Morgan fingerprint density at radius 3 is 2.59 bits per heavy atom.